The van der Waals surface area contributed by atoms with Gasteiger partial charge in [-0.05, 0) is 56.3 Å². The molecule has 0 N–H and O–H groups in total. The molecule has 0 saturated carbocycles. The lowest BCUT2D eigenvalue weighted by Crippen LogP contribution is -2.29. The lowest BCUT2D eigenvalue weighted by atomic mass is 9.79. The standard InChI is InChI=1S/C19H38O4/c1-16-15-23-19(18(16)11-8-14-22-4)17(10-7-13-21-3)9-5-6-12-20-2/h16-19H,5-15H2,1-4H3. The van der Waals surface area contributed by atoms with E-state index in [9.17, 15) is 0 Å². The Morgan fingerprint density at radius 1 is 0.870 bits per heavy atom. The van der Waals surface area contributed by atoms with Crippen molar-refractivity contribution in [1.82, 2.24) is 0 Å². The molecule has 4 atom stereocenters. The highest BCUT2D eigenvalue weighted by atomic mass is 16.5. The Labute approximate surface area is 143 Å². The summed E-state index contributed by atoms with van der Waals surface area (Å²) >= 11 is 0. The molecule has 4 nitrogen and oxygen atoms in total. The Kier molecular flexibility index (Phi) is 12.0. The van der Waals surface area contributed by atoms with E-state index >= 15 is 0 Å². The van der Waals surface area contributed by atoms with Crippen LogP contribution < -0.4 is 0 Å². The largest absolute Gasteiger partial charge is 0.385 e. The van der Waals surface area contributed by atoms with Crippen LogP contribution >= 0.6 is 0 Å². The van der Waals surface area contributed by atoms with Gasteiger partial charge in [0.2, 0.25) is 0 Å². The second-order valence-corrected chi connectivity index (χ2v) is 6.96. The molecule has 0 amide bonds. The summed E-state index contributed by atoms with van der Waals surface area (Å²) in [5.74, 6) is 2.00. The van der Waals surface area contributed by atoms with Crippen molar-refractivity contribution in [3.8, 4) is 0 Å². The van der Waals surface area contributed by atoms with Gasteiger partial charge in [0.25, 0.3) is 0 Å². The molecule has 138 valence electrons. The molecule has 0 bridgehead atoms. The first-order valence-electron chi connectivity index (χ1n) is 9.33. The fourth-order valence-electron chi connectivity index (χ4n) is 3.85. The van der Waals surface area contributed by atoms with Crippen molar-refractivity contribution in [3.05, 3.63) is 0 Å². The van der Waals surface area contributed by atoms with Crippen molar-refractivity contribution in [2.45, 2.75) is 58.0 Å². The summed E-state index contributed by atoms with van der Waals surface area (Å²) in [6.45, 7) is 5.84. The quantitative estimate of drug-likeness (QED) is 0.452. The lowest BCUT2D eigenvalue weighted by molar-refractivity contribution is 0.0258. The zero-order valence-corrected chi connectivity index (χ0v) is 15.7. The SMILES string of the molecule is COCCCCC(CCCOC)C1OCC(C)C1CCCOC. The highest BCUT2D eigenvalue weighted by molar-refractivity contribution is 4.86. The third-order valence-electron chi connectivity index (χ3n) is 5.15. The summed E-state index contributed by atoms with van der Waals surface area (Å²) in [5.41, 5.74) is 0. The number of hydrogen-bond acceptors (Lipinski definition) is 4. The summed E-state index contributed by atoms with van der Waals surface area (Å²) in [7, 11) is 5.36. The zero-order chi connectivity index (χ0) is 16.9. The van der Waals surface area contributed by atoms with Gasteiger partial charge in [0, 0.05) is 47.8 Å². The van der Waals surface area contributed by atoms with Gasteiger partial charge in [-0.15, -0.1) is 0 Å². The fraction of sp³-hybridized carbons (Fsp3) is 1.00. The second kappa shape index (κ2) is 13.2. The molecule has 1 fully saturated rings. The number of ether oxygens (including phenoxy) is 4. The molecule has 0 spiro atoms. The van der Waals surface area contributed by atoms with Gasteiger partial charge in [0.15, 0.2) is 0 Å². The molecule has 0 aromatic rings. The minimum atomic E-state index is 0.418. The van der Waals surface area contributed by atoms with Crippen LogP contribution in [0, 0.1) is 17.8 Å². The van der Waals surface area contributed by atoms with Gasteiger partial charge < -0.3 is 18.9 Å². The molecule has 0 aromatic heterocycles. The number of rotatable bonds is 14. The predicted molar refractivity (Wildman–Crippen MR) is 93.8 cm³/mol. The van der Waals surface area contributed by atoms with E-state index in [1.165, 1.54) is 25.7 Å². The summed E-state index contributed by atoms with van der Waals surface area (Å²) < 4.78 is 21.9. The normalized spacial score (nSPS) is 25.8. The van der Waals surface area contributed by atoms with Crippen LogP contribution in [-0.2, 0) is 18.9 Å². The lowest BCUT2D eigenvalue weighted by Gasteiger charge is -2.29. The van der Waals surface area contributed by atoms with Crippen LogP contribution in [0.3, 0.4) is 0 Å². The summed E-state index contributed by atoms with van der Waals surface area (Å²) in [4.78, 5) is 0. The van der Waals surface area contributed by atoms with Crippen molar-refractivity contribution >= 4 is 0 Å². The van der Waals surface area contributed by atoms with Crippen LogP contribution in [-0.4, -0.2) is 53.9 Å². The average Bonchev–Trinajstić information content (AvgIpc) is 2.91. The third kappa shape index (κ3) is 7.97. The van der Waals surface area contributed by atoms with Gasteiger partial charge in [-0.25, -0.2) is 0 Å². The number of unbranched alkanes of at least 4 members (excludes halogenated alkanes) is 1. The van der Waals surface area contributed by atoms with Gasteiger partial charge in [-0.2, -0.15) is 0 Å². The van der Waals surface area contributed by atoms with Crippen molar-refractivity contribution < 1.29 is 18.9 Å². The van der Waals surface area contributed by atoms with E-state index in [1.54, 1.807) is 21.3 Å². The number of hydrogen-bond donors (Lipinski definition) is 0. The van der Waals surface area contributed by atoms with Crippen LogP contribution in [0.4, 0.5) is 0 Å². The van der Waals surface area contributed by atoms with E-state index in [0.717, 1.165) is 45.7 Å². The van der Waals surface area contributed by atoms with Gasteiger partial charge >= 0.3 is 0 Å². The van der Waals surface area contributed by atoms with E-state index in [0.29, 0.717) is 23.9 Å². The summed E-state index contributed by atoms with van der Waals surface area (Å²) in [5, 5.41) is 0. The molecule has 1 aliphatic heterocycles. The molecular formula is C19H38O4. The minimum Gasteiger partial charge on any atom is -0.385 e. The Morgan fingerprint density at radius 2 is 1.48 bits per heavy atom. The molecule has 1 rings (SSSR count). The topological polar surface area (TPSA) is 36.9 Å². The first-order valence-corrected chi connectivity index (χ1v) is 9.33. The highest BCUT2D eigenvalue weighted by Crippen LogP contribution is 2.38. The van der Waals surface area contributed by atoms with Crippen LogP contribution in [0.1, 0.15) is 51.9 Å². The molecule has 4 unspecified atom stereocenters. The minimum absolute atomic E-state index is 0.418. The van der Waals surface area contributed by atoms with Crippen molar-refractivity contribution in [2.24, 2.45) is 17.8 Å². The van der Waals surface area contributed by atoms with Crippen LogP contribution in [0.25, 0.3) is 0 Å². The zero-order valence-electron chi connectivity index (χ0n) is 15.7. The van der Waals surface area contributed by atoms with E-state index in [1.807, 2.05) is 0 Å². The van der Waals surface area contributed by atoms with E-state index in [2.05, 4.69) is 6.92 Å². The first kappa shape index (κ1) is 20.9. The third-order valence-corrected chi connectivity index (χ3v) is 5.15. The smallest absolute Gasteiger partial charge is 0.0634 e. The van der Waals surface area contributed by atoms with Crippen molar-refractivity contribution in [2.75, 3.05) is 47.8 Å². The average molecular weight is 331 g/mol. The molecule has 4 heteroatoms. The van der Waals surface area contributed by atoms with E-state index in [4.69, 9.17) is 18.9 Å². The van der Waals surface area contributed by atoms with E-state index < -0.39 is 0 Å². The molecule has 23 heavy (non-hydrogen) atoms. The molecule has 1 saturated heterocycles. The predicted octanol–water partition coefficient (Wildman–Crippen LogP) is 3.92. The highest BCUT2D eigenvalue weighted by Gasteiger charge is 2.38. The molecule has 1 heterocycles. The molecule has 0 aliphatic carbocycles. The summed E-state index contributed by atoms with van der Waals surface area (Å²) in [6.07, 6.45) is 8.73. The Morgan fingerprint density at radius 3 is 2.17 bits per heavy atom. The van der Waals surface area contributed by atoms with Crippen molar-refractivity contribution in [1.29, 1.82) is 0 Å². The van der Waals surface area contributed by atoms with Gasteiger partial charge in [0.05, 0.1) is 6.10 Å². The molecule has 1 aliphatic rings. The fourth-order valence-corrected chi connectivity index (χ4v) is 3.85. The first-order chi connectivity index (χ1) is 11.2. The van der Waals surface area contributed by atoms with Gasteiger partial charge in [-0.1, -0.05) is 13.3 Å². The second-order valence-electron chi connectivity index (χ2n) is 6.96. The monoisotopic (exact) mass is 330 g/mol. The van der Waals surface area contributed by atoms with Gasteiger partial charge in [0.1, 0.15) is 0 Å². The Bertz CT molecular complexity index is 272. The maximum atomic E-state index is 6.25. The molecule has 0 aromatic carbocycles. The van der Waals surface area contributed by atoms with E-state index in [-0.39, 0.29) is 0 Å². The molecule has 0 radical (unpaired) electrons. The van der Waals surface area contributed by atoms with Crippen LogP contribution in [0.15, 0.2) is 0 Å². The Balaban J connectivity index is 2.53. The Hall–Kier alpha value is -0.160. The summed E-state index contributed by atoms with van der Waals surface area (Å²) in [6, 6.07) is 0. The maximum absolute atomic E-state index is 6.25. The molecular weight excluding hydrogens is 292 g/mol. The number of methoxy groups -OCH3 is 3. The van der Waals surface area contributed by atoms with Crippen molar-refractivity contribution in [3.63, 3.8) is 0 Å². The van der Waals surface area contributed by atoms with Crippen LogP contribution in [0.5, 0.6) is 0 Å². The van der Waals surface area contributed by atoms with Gasteiger partial charge in [-0.3, -0.25) is 0 Å². The van der Waals surface area contributed by atoms with Crippen LogP contribution in [0.2, 0.25) is 0 Å². The maximum Gasteiger partial charge on any atom is 0.0634 e.